The molecule has 1 fully saturated rings. The molecule has 0 saturated carbocycles. The molecule has 0 aromatic carbocycles. The fourth-order valence-corrected chi connectivity index (χ4v) is 1.53. The zero-order valence-corrected chi connectivity index (χ0v) is 8.34. The molecule has 0 spiro atoms. The van der Waals surface area contributed by atoms with E-state index < -0.39 is 0 Å². The van der Waals surface area contributed by atoms with E-state index in [4.69, 9.17) is 6.57 Å². The monoisotopic (exact) mass is 180 g/mol. The Bertz CT molecular complexity index is 230. The molecule has 0 bridgehead atoms. The Morgan fingerprint density at radius 1 is 1.46 bits per heavy atom. The summed E-state index contributed by atoms with van der Waals surface area (Å²) < 4.78 is 0. The minimum atomic E-state index is -0.00880. The topological polar surface area (TPSA) is 24.7 Å². The number of likely N-dealkylation sites (tertiary alicyclic amines) is 1. The second-order valence-electron chi connectivity index (χ2n) is 4.36. The van der Waals surface area contributed by atoms with Gasteiger partial charge in [-0.1, -0.05) is 13.8 Å². The van der Waals surface area contributed by atoms with E-state index in [1.807, 2.05) is 4.90 Å². The van der Waals surface area contributed by atoms with E-state index in [1.54, 1.807) is 0 Å². The van der Waals surface area contributed by atoms with Crippen molar-refractivity contribution in [3.8, 4) is 0 Å². The molecule has 1 heterocycles. The van der Waals surface area contributed by atoms with Crippen LogP contribution in [0.1, 0.15) is 26.7 Å². The van der Waals surface area contributed by atoms with Crippen LogP contribution >= 0.6 is 0 Å². The molecule has 13 heavy (non-hydrogen) atoms. The van der Waals surface area contributed by atoms with E-state index in [-0.39, 0.29) is 12.5 Å². The van der Waals surface area contributed by atoms with Gasteiger partial charge in [-0.3, -0.25) is 4.79 Å². The zero-order valence-electron chi connectivity index (χ0n) is 8.34. The molecule has 1 rings (SSSR count). The van der Waals surface area contributed by atoms with Gasteiger partial charge in [0.15, 0.2) is 0 Å². The van der Waals surface area contributed by atoms with Crippen molar-refractivity contribution in [2.24, 2.45) is 5.41 Å². The number of piperidine rings is 1. The first-order valence-electron chi connectivity index (χ1n) is 4.66. The Morgan fingerprint density at radius 3 is 2.46 bits per heavy atom. The van der Waals surface area contributed by atoms with E-state index in [0.29, 0.717) is 5.41 Å². The molecule has 0 atom stereocenters. The van der Waals surface area contributed by atoms with E-state index in [0.717, 1.165) is 25.9 Å². The standard InChI is InChI=1S/C10H16N2O/c1-10(2)4-6-12(7-5-10)9(13)8-11-3/h4-8H2,1-2H3. The SMILES string of the molecule is [C-]#[N+]CC(=O)N1CCC(C)(C)CC1. The summed E-state index contributed by atoms with van der Waals surface area (Å²) in [5.74, 6) is -0.00880. The van der Waals surface area contributed by atoms with Crippen molar-refractivity contribution >= 4 is 5.91 Å². The molecule has 1 aliphatic rings. The van der Waals surface area contributed by atoms with Crippen LogP contribution in [0.25, 0.3) is 4.85 Å². The first-order chi connectivity index (χ1) is 6.05. The molecule has 0 N–H and O–H groups in total. The molecule has 0 aromatic heterocycles. The maximum atomic E-state index is 11.3. The van der Waals surface area contributed by atoms with Gasteiger partial charge in [0.05, 0.1) is 0 Å². The van der Waals surface area contributed by atoms with Crippen molar-refractivity contribution in [2.75, 3.05) is 19.6 Å². The summed E-state index contributed by atoms with van der Waals surface area (Å²) in [5.41, 5.74) is 0.370. The van der Waals surface area contributed by atoms with Crippen LogP contribution in [-0.4, -0.2) is 30.4 Å². The Morgan fingerprint density at radius 2 is 2.00 bits per heavy atom. The van der Waals surface area contributed by atoms with Crippen molar-refractivity contribution in [1.82, 2.24) is 4.90 Å². The number of carbonyl (C=O) groups is 1. The van der Waals surface area contributed by atoms with Crippen LogP contribution in [0.5, 0.6) is 0 Å². The molecule has 0 aromatic rings. The van der Waals surface area contributed by atoms with E-state index in [2.05, 4.69) is 18.7 Å². The van der Waals surface area contributed by atoms with Gasteiger partial charge in [-0.25, -0.2) is 6.57 Å². The highest BCUT2D eigenvalue weighted by Crippen LogP contribution is 2.29. The summed E-state index contributed by atoms with van der Waals surface area (Å²) in [6, 6.07) is 0. The van der Waals surface area contributed by atoms with Gasteiger partial charge in [0, 0.05) is 13.1 Å². The maximum Gasteiger partial charge on any atom is 0.302 e. The third kappa shape index (κ3) is 2.73. The van der Waals surface area contributed by atoms with Crippen LogP contribution in [0, 0.1) is 12.0 Å². The number of carbonyl (C=O) groups excluding carboxylic acids is 1. The summed E-state index contributed by atoms with van der Waals surface area (Å²) in [5, 5.41) is 0. The molecule has 1 saturated heterocycles. The Balaban J connectivity index is 2.42. The molecule has 0 aliphatic carbocycles. The van der Waals surface area contributed by atoms with E-state index in [9.17, 15) is 4.79 Å². The van der Waals surface area contributed by atoms with Gasteiger partial charge >= 0.3 is 5.91 Å². The summed E-state index contributed by atoms with van der Waals surface area (Å²) in [6.45, 7) is 12.7. The van der Waals surface area contributed by atoms with Crippen LogP contribution in [0.4, 0.5) is 0 Å². The van der Waals surface area contributed by atoms with Gasteiger partial charge in [-0.2, -0.15) is 0 Å². The second kappa shape index (κ2) is 3.78. The van der Waals surface area contributed by atoms with Crippen molar-refractivity contribution in [2.45, 2.75) is 26.7 Å². The molecule has 3 heteroatoms. The van der Waals surface area contributed by atoms with Gasteiger partial charge in [0.1, 0.15) is 0 Å². The molecule has 0 unspecified atom stereocenters. The van der Waals surface area contributed by atoms with Crippen LogP contribution in [-0.2, 0) is 4.79 Å². The highest BCUT2D eigenvalue weighted by molar-refractivity contribution is 5.79. The fraction of sp³-hybridized carbons (Fsp3) is 0.800. The molecule has 1 aliphatic heterocycles. The van der Waals surface area contributed by atoms with Gasteiger partial charge < -0.3 is 9.74 Å². The molecule has 3 nitrogen and oxygen atoms in total. The van der Waals surface area contributed by atoms with Crippen LogP contribution in [0.2, 0.25) is 0 Å². The predicted molar refractivity (Wildman–Crippen MR) is 51.1 cm³/mol. The average molecular weight is 180 g/mol. The largest absolute Gasteiger partial charge is 0.336 e. The van der Waals surface area contributed by atoms with Crippen molar-refractivity contribution in [1.29, 1.82) is 0 Å². The Hall–Kier alpha value is -1.04. The number of hydrogen-bond acceptors (Lipinski definition) is 1. The van der Waals surface area contributed by atoms with Crippen LogP contribution < -0.4 is 0 Å². The highest BCUT2D eigenvalue weighted by atomic mass is 16.2. The third-order valence-electron chi connectivity index (χ3n) is 2.68. The second-order valence-corrected chi connectivity index (χ2v) is 4.36. The molecule has 0 radical (unpaired) electrons. The van der Waals surface area contributed by atoms with Crippen molar-refractivity contribution < 1.29 is 4.79 Å². The quantitative estimate of drug-likeness (QED) is 0.562. The van der Waals surface area contributed by atoms with E-state index in [1.165, 1.54) is 0 Å². The lowest BCUT2D eigenvalue weighted by molar-refractivity contribution is -0.131. The first kappa shape index (κ1) is 10.0. The predicted octanol–water partition coefficient (Wildman–Crippen LogP) is 1.55. The Kier molecular flexibility index (Phi) is 2.92. The number of amides is 1. The average Bonchev–Trinajstić information content (AvgIpc) is 2.04. The van der Waals surface area contributed by atoms with Crippen LogP contribution in [0.15, 0.2) is 0 Å². The highest BCUT2D eigenvalue weighted by Gasteiger charge is 2.28. The first-order valence-corrected chi connectivity index (χ1v) is 4.66. The van der Waals surface area contributed by atoms with Crippen LogP contribution in [0.3, 0.4) is 0 Å². The molecular formula is C10H16N2O. The Labute approximate surface area is 79.5 Å². The number of hydrogen-bond donors (Lipinski definition) is 0. The molecule has 1 amide bonds. The summed E-state index contributed by atoms with van der Waals surface area (Å²) in [4.78, 5) is 16.2. The van der Waals surface area contributed by atoms with Gasteiger partial charge in [-0.15, -0.1) is 0 Å². The fourth-order valence-electron chi connectivity index (χ4n) is 1.53. The maximum absolute atomic E-state index is 11.3. The van der Waals surface area contributed by atoms with Gasteiger partial charge in [0.2, 0.25) is 0 Å². The zero-order chi connectivity index (χ0) is 9.90. The smallest absolute Gasteiger partial charge is 0.302 e. The molecular weight excluding hydrogens is 164 g/mol. The normalized spacial score (nSPS) is 20.8. The lowest BCUT2D eigenvalue weighted by Gasteiger charge is -2.36. The minimum absolute atomic E-state index is 0.00880. The van der Waals surface area contributed by atoms with Crippen molar-refractivity contribution in [3.63, 3.8) is 0 Å². The lowest BCUT2D eigenvalue weighted by Crippen LogP contribution is -2.41. The summed E-state index contributed by atoms with van der Waals surface area (Å²) in [6.07, 6.45) is 2.10. The number of rotatable bonds is 1. The van der Waals surface area contributed by atoms with Gasteiger partial charge in [0.25, 0.3) is 6.54 Å². The third-order valence-corrected chi connectivity index (χ3v) is 2.68. The van der Waals surface area contributed by atoms with Gasteiger partial charge in [-0.05, 0) is 18.3 Å². The summed E-state index contributed by atoms with van der Waals surface area (Å²) >= 11 is 0. The summed E-state index contributed by atoms with van der Waals surface area (Å²) in [7, 11) is 0. The molecule has 72 valence electrons. The number of nitrogens with zero attached hydrogens (tertiary/aromatic N) is 2. The van der Waals surface area contributed by atoms with Crippen molar-refractivity contribution in [3.05, 3.63) is 11.4 Å². The lowest BCUT2D eigenvalue weighted by atomic mass is 9.83. The van der Waals surface area contributed by atoms with E-state index >= 15 is 0 Å². The minimum Gasteiger partial charge on any atom is -0.336 e.